The van der Waals surface area contributed by atoms with Gasteiger partial charge in [0.25, 0.3) is 0 Å². The predicted octanol–water partition coefficient (Wildman–Crippen LogP) is 1.10. The van der Waals surface area contributed by atoms with Crippen LogP contribution in [0.15, 0.2) is 17.2 Å². The summed E-state index contributed by atoms with van der Waals surface area (Å²) >= 11 is 0. The highest BCUT2D eigenvalue weighted by Gasteiger charge is 2.23. The minimum Gasteiger partial charge on any atom is -0.391 e. The SMILES string of the molecule is Cc1cnc(=O)n(CC(O)C2CCCC2)c1. The number of aliphatic hydroxyl groups is 1. The second-order valence-corrected chi connectivity index (χ2v) is 4.68. The standard InChI is InChI=1S/C12H18N2O2/c1-9-6-13-12(16)14(7-9)8-11(15)10-4-2-3-5-10/h6-7,10-11,15H,2-5,8H2,1H3. The van der Waals surface area contributed by atoms with Crippen LogP contribution in [0.1, 0.15) is 31.2 Å². The third-order valence-electron chi connectivity index (χ3n) is 3.31. The van der Waals surface area contributed by atoms with Crippen molar-refractivity contribution < 1.29 is 5.11 Å². The number of aryl methyl sites for hydroxylation is 1. The van der Waals surface area contributed by atoms with E-state index in [2.05, 4.69) is 4.98 Å². The molecule has 4 heteroatoms. The van der Waals surface area contributed by atoms with Gasteiger partial charge >= 0.3 is 5.69 Å². The second kappa shape index (κ2) is 4.78. The average molecular weight is 222 g/mol. The van der Waals surface area contributed by atoms with E-state index in [-0.39, 0.29) is 5.69 Å². The third kappa shape index (κ3) is 2.50. The van der Waals surface area contributed by atoms with Gasteiger partial charge in [0, 0.05) is 12.4 Å². The van der Waals surface area contributed by atoms with Gasteiger partial charge in [-0.15, -0.1) is 0 Å². The molecule has 1 atom stereocenters. The van der Waals surface area contributed by atoms with Crippen molar-refractivity contribution in [3.63, 3.8) is 0 Å². The van der Waals surface area contributed by atoms with Crippen LogP contribution in [-0.2, 0) is 6.54 Å². The Morgan fingerprint density at radius 3 is 2.94 bits per heavy atom. The van der Waals surface area contributed by atoms with E-state index >= 15 is 0 Å². The van der Waals surface area contributed by atoms with Crippen molar-refractivity contribution in [2.75, 3.05) is 0 Å². The zero-order valence-electron chi connectivity index (χ0n) is 9.59. The fourth-order valence-electron chi connectivity index (χ4n) is 2.39. The van der Waals surface area contributed by atoms with Crippen molar-refractivity contribution in [2.24, 2.45) is 5.92 Å². The lowest BCUT2D eigenvalue weighted by Gasteiger charge is -2.18. The predicted molar refractivity (Wildman–Crippen MR) is 61.2 cm³/mol. The van der Waals surface area contributed by atoms with Crippen LogP contribution in [0.2, 0.25) is 0 Å². The van der Waals surface area contributed by atoms with E-state index in [0.29, 0.717) is 12.5 Å². The summed E-state index contributed by atoms with van der Waals surface area (Å²) in [6.45, 7) is 2.27. The van der Waals surface area contributed by atoms with Crippen molar-refractivity contribution in [3.05, 3.63) is 28.4 Å². The van der Waals surface area contributed by atoms with E-state index in [1.807, 2.05) is 6.92 Å². The number of hydrogen-bond donors (Lipinski definition) is 1. The molecule has 1 unspecified atom stereocenters. The molecule has 88 valence electrons. The molecule has 1 N–H and O–H groups in total. The molecule has 0 spiro atoms. The Bertz CT molecular complexity index is 408. The molecule has 16 heavy (non-hydrogen) atoms. The molecule has 0 saturated heterocycles. The molecule has 4 nitrogen and oxygen atoms in total. The lowest BCUT2D eigenvalue weighted by molar-refractivity contribution is 0.0915. The molecule has 1 aliphatic carbocycles. The van der Waals surface area contributed by atoms with Gasteiger partial charge in [0.1, 0.15) is 0 Å². The van der Waals surface area contributed by atoms with Crippen molar-refractivity contribution in [1.29, 1.82) is 0 Å². The topological polar surface area (TPSA) is 55.1 Å². The minimum atomic E-state index is -0.413. The summed E-state index contributed by atoms with van der Waals surface area (Å²) in [6.07, 6.45) is 7.45. The quantitative estimate of drug-likeness (QED) is 0.833. The first-order valence-corrected chi connectivity index (χ1v) is 5.88. The Kier molecular flexibility index (Phi) is 3.39. The monoisotopic (exact) mass is 222 g/mol. The fraction of sp³-hybridized carbons (Fsp3) is 0.667. The van der Waals surface area contributed by atoms with Gasteiger partial charge in [0.05, 0.1) is 12.6 Å². The Morgan fingerprint density at radius 1 is 1.56 bits per heavy atom. The van der Waals surface area contributed by atoms with E-state index in [9.17, 15) is 9.90 Å². The molecule has 0 bridgehead atoms. The molecular formula is C12H18N2O2. The Hall–Kier alpha value is -1.16. The van der Waals surface area contributed by atoms with Crippen LogP contribution < -0.4 is 5.69 Å². The number of rotatable bonds is 3. The Morgan fingerprint density at radius 2 is 2.25 bits per heavy atom. The largest absolute Gasteiger partial charge is 0.391 e. The van der Waals surface area contributed by atoms with E-state index in [1.54, 1.807) is 12.4 Å². The molecule has 0 aliphatic heterocycles. The lowest BCUT2D eigenvalue weighted by atomic mass is 10.0. The molecule has 1 heterocycles. The smallest absolute Gasteiger partial charge is 0.347 e. The van der Waals surface area contributed by atoms with Crippen LogP contribution in [0.3, 0.4) is 0 Å². The van der Waals surface area contributed by atoms with Gasteiger partial charge < -0.3 is 5.11 Å². The van der Waals surface area contributed by atoms with Gasteiger partial charge in [0.2, 0.25) is 0 Å². The summed E-state index contributed by atoms with van der Waals surface area (Å²) in [4.78, 5) is 15.2. The fourth-order valence-corrected chi connectivity index (χ4v) is 2.39. The van der Waals surface area contributed by atoms with Crippen LogP contribution in [0.25, 0.3) is 0 Å². The van der Waals surface area contributed by atoms with Gasteiger partial charge in [-0.3, -0.25) is 4.57 Å². The molecule has 1 saturated carbocycles. The van der Waals surface area contributed by atoms with E-state index in [0.717, 1.165) is 18.4 Å². The van der Waals surface area contributed by atoms with Crippen LogP contribution in [0, 0.1) is 12.8 Å². The van der Waals surface area contributed by atoms with E-state index in [4.69, 9.17) is 0 Å². The van der Waals surface area contributed by atoms with Crippen molar-refractivity contribution in [1.82, 2.24) is 9.55 Å². The molecular weight excluding hydrogens is 204 g/mol. The number of aromatic nitrogens is 2. The number of nitrogens with zero attached hydrogens (tertiary/aromatic N) is 2. The van der Waals surface area contributed by atoms with Gasteiger partial charge in [-0.05, 0) is 31.2 Å². The molecule has 1 aromatic heterocycles. The maximum atomic E-state index is 11.5. The lowest BCUT2D eigenvalue weighted by Crippen LogP contribution is -2.31. The summed E-state index contributed by atoms with van der Waals surface area (Å²) in [7, 11) is 0. The first-order chi connectivity index (χ1) is 7.66. The molecule has 0 aromatic carbocycles. The van der Waals surface area contributed by atoms with Gasteiger partial charge in [-0.2, -0.15) is 0 Å². The molecule has 0 radical (unpaired) electrons. The van der Waals surface area contributed by atoms with E-state index < -0.39 is 6.10 Å². The summed E-state index contributed by atoms with van der Waals surface area (Å²) in [5.74, 6) is 0.354. The third-order valence-corrected chi connectivity index (χ3v) is 3.31. The highest BCUT2D eigenvalue weighted by atomic mass is 16.3. The second-order valence-electron chi connectivity index (χ2n) is 4.68. The molecule has 0 amide bonds. The van der Waals surface area contributed by atoms with Crippen LogP contribution in [0.4, 0.5) is 0 Å². The van der Waals surface area contributed by atoms with Gasteiger partial charge in [0.15, 0.2) is 0 Å². The first-order valence-electron chi connectivity index (χ1n) is 5.88. The summed E-state index contributed by atoms with van der Waals surface area (Å²) in [6, 6.07) is 0. The van der Waals surface area contributed by atoms with Crippen LogP contribution >= 0.6 is 0 Å². The highest BCUT2D eigenvalue weighted by molar-refractivity contribution is 5.00. The molecule has 1 aromatic rings. The van der Waals surface area contributed by atoms with Crippen molar-refractivity contribution in [2.45, 2.75) is 45.3 Å². The van der Waals surface area contributed by atoms with E-state index in [1.165, 1.54) is 17.4 Å². The summed E-state index contributed by atoms with van der Waals surface area (Å²) in [5, 5.41) is 10.0. The summed E-state index contributed by atoms with van der Waals surface area (Å²) in [5.41, 5.74) is 0.667. The normalized spacial score (nSPS) is 18.9. The maximum absolute atomic E-state index is 11.5. The zero-order chi connectivity index (χ0) is 11.5. The molecule has 1 fully saturated rings. The highest BCUT2D eigenvalue weighted by Crippen LogP contribution is 2.28. The van der Waals surface area contributed by atoms with Crippen LogP contribution in [-0.4, -0.2) is 20.8 Å². The number of hydrogen-bond acceptors (Lipinski definition) is 3. The van der Waals surface area contributed by atoms with Crippen molar-refractivity contribution >= 4 is 0 Å². The van der Waals surface area contributed by atoms with Crippen molar-refractivity contribution in [3.8, 4) is 0 Å². The zero-order valence-corrected chi connectivity index (χ0v) is 9.59. The minimum absolute atomic E-state index is 0.275. The van der Waals surface area contributed by atoms with Gasteiger partial charge in [-0.1, -0.05) is 12.8 Å². The molecule has 2 rings (SSSR count). The first kappa shape index (κ1) is 11.3. The average Bonchev–Trinajstić information content (AvgIpc) is 2.76. The maximum Gasteiger partial charge on any atom is 0.347 e. The Balaban J connectivity index is 2.07. The summed E-state index contributed by atoms with van der Waals surface area (Å²) < 4.78 is 1.51. The van der Waals surface area contributed by atoms with Gasteiger partial charge in [-0.25, -0.2) is 9.78 Å². The van der Waals surface area contributed by atoms with Crippen LogP contribution in [0.5, 0.6) is 0 Å². The molecule has 1 aliphatic rings. The Labute approximate surface area is 95.0 Å². The number of aliphatic hydroxyl groups excluding tert-OH is 1.